The summed E-state index contributed by atoms with van der Waals surface area (Å²) in [4.78, 5) is 11.4. The summed E-state index contributed by atoms with van der Waals surface area (Å²) in [7, 11) is 0. The molecule has 0 saturated carbocycles. The number of guanidine groups is 1. The Bertz CT molecular complexity index is 297. The molecular formula is C11H23N5O2. The Morgan fingerprint density at radius 1 is 1.39 bits per heavy atom. The summed E-state index contributed by atoms with van der Waals surface area (Å²) in [5.74, 6) is -0.798. The Hall–Kier alpha value is -1.63. The number of piperidine rings is 1. The molecule has 1 aliphatic heterocycles. The van der Waals surface area contributed by atoms with Crippen LogP contribution in [-0.2, 0) is 4.79 Å². The lowest BCUT2D eigenvalue weighted by molar-refractivity contribution is -0.134. The molecule has 1 saturated heterocycles. The number of aliphatic carboxylic acids is 1. The van der Waals surface area contributed by atoms with Crippen molar-refractivity contribution >= 4 is 17.6 Å². The van der Waals surface area contributed by atoms with Gasteiger partial charge in [-0.05, 0) is 13.0 Å². The molecule has 0 aromatic carbocycles. The first-order valence-corrected chi connectivity index (χ1v) is 6.02. The van der Waals surface area contributed by atoms with Crippen LogP contribution >= 0.6 is 0 Å². The number of likely N-dealkylation sites (tertiary alicyclic amines) is 1. The number of hydrogen-bond donors (Lipinski definition) is 3. The third-order valence-electron chi connectivity index (χ3n) is 2.28. The number of nitrogens with two attached hydrogens (primary N) is 2. The van der Waals surface area contributed by atoms with Crippen molar-refractivity contribution in [3.05, 3.63) is 0 Å². The van der Waals surface area contributed by atoms with Gasteiger partial charge in [-0.25, -0.2) is 0 Å². The van der Waals surface area contributed by atoms with Gasteiger partial charge >= 0.3 is 0 Å². The molecule has 7 nitrogen and oxygen atoms in total. The minimum absolute atomic E-state index is 0.0356. The highest BCUT2D eigenvalue weighted by atomic mass is 16.4. The summed E-state index contributed by atoms with van der Waals surface area (Å²) in [6, 6.07) is 0. The summed E-state index contributed by atoms with van der Waals surface area (Å²) >= 11 is 0. The molecule has 104 valence electrons. The van der Waals surface area contributed by atoms with Gasteiger partial charge in [0, 0.05) is 38.6 Å². The summed E-state index contributed by atoms with van der Waals surface area (Å²) in [6.07, 6.45) is 3.17. The fourth-order valence-electron chi connectivity index (χ4n) is 1.58. The van der Waals surface area contributed by atoms with Gasteiger partial charge in [0.25, 0.3) is 5.97 Å². The van der Waals surface area contributed by atoms with Crippen LogP contribution in [0.15, 0.2) is 10.2 Å². The molecule has 0 atom stereocenters. The van der Waals surface area contributed by atoms with E-state index in [-0.39, 0.29) is 5.96 Å². The second-order valence-electron chi connectivity index (χ2n) is 4.05. The Labute approximate surface area is 108 Å². The van der Waals surface area contributed by atoms with Gasteiger partial charge in [-0.3, -0.25) is 4.79 Å². The van der Waals surface area contributed by atoms with E-state index in [1.165, 1.54) is 13.0 Å². The number of carboxylic acid groups (broad SMARTS) is 1. The van der Waals surface area contributed by atoms with E-state index in [9.17, 15) is 0 Å². The summed E-state index contributed by atoms with van der Waals surface area (Å²) < 4.78 is 0. The number of carboxylic acids is 1. The van der Waals surface area contributed by atoms with Crippen LogP contribution in [0, 0.1) is 0 Å². The van der Waals surface area contributed by atoms with Crippen LogP contribution in [0.2, 0.25) is 0 Å². The van der Waals surface area contributed by atoms with Crippen molar-refractivity contribution in [3.8, 4) is 0 Å². The second kappa shape index (κ2) is 9.41. The maximum Gasteiger partial charge on any atom is 0.300 e. The molecule has 0 bridgehead atoms. The zero-order valence-electron chi connectivity index (χ0n) is 11.1. The average Bonchev–Trinajstić information content (AvgIpc) is 2.28. The van der Waals surface area contributed by atoms with Crippen LogP contribution in [0.5, 0.6) is 0 Å². The highest BCUT2D eigenvalue weighted by Crippen LogP contribution is 2.07. The van der Waals surface area contributed by atoms with Crippen molar-refractivity contribution in [2.75, 3.05) is 19.6 Å². The predicted octanol–water partition coefficient (Wildman–Crippen LogP) is 0.213. The van der Waals surface area contributed by atoms with Crippen LogP contribution in [0.1, 0.15) is 33.1 Å². The first-order chi connectivity index (χ1) is 8.45. The van der Waals surface area contributed by atoms with Gasteiger partial charge < -0.3 is 21.5 Å². The van der Waals surface area contributed by atoms with E-state index in [2.05, 4.69) is 22.0 Å². The number of rotatable bonds is 3. The van der Waals surface area contributed by atoms with E-state index >= 15 is 0 Å². The zero-order chi connectivity index (χ0) is 14.0. The third kappa shape index (κ3) is 9.59. The van der Waals surface area contributed by atoms with Crippen LogP contribution in [0.25, 0.3) is 0 Å². The molecule has 0 spiro atoms. The minimum atomic E-state index is -0.833. The first kappa shape index (κ1) is 16.4. The molecule has 5 N–H and O–H groups in total. The zero-order valence-corrected chi connectivity index (χ0v) is 11.1. The molecule has 18 heavy (non-hydrogen) atoms. The Morgan fingerprint density at radius 2 is 1.89 bits per heavy atom. The number of hydrogen-bond acceptors (Lipinski definition) is 4. The van der Waals surface area contributed by atoms with Crippen molar-refractivity contribution in [2.24, 2.45) is 21.7 Å². The molecule has 1 aliphatic rings. The van der Waals surface area contributed by atoms with E-state index in [0.717, 1.165) is 38.6 Å². The quantitative estimate of drug-likeness (QED) is 0.379. The van der Waals surface area contributed by atoms with Gasteiger partial charge in [-0.2, -0.15) is 5.10 Å². The fraction of sp³-hybridized carbons (Fsp3) is 0.727. The molecule has 0 aliphatic carbocycles. The second-order valence-corrected chi connectivity index (χ2v) is 4.05. The van der Waals surface area contributed by atoms with Crippen LogP contribution in [-0.4, -0.2) is 47.3 Å². The Balaban J connectivity index is 0.000000631. The van der Waals surface area contributed by atoms with Gasteiger partial charge in [0.1, 0.15) is 0 Å². The Kier molecular flexibility index (Phi) is 8.55. The van der Waals surface area contributed by atoms with Crippen molar-refractivity contribution in [3.63, 3.8) is 0 Å². The van der Waals surface area contributed by atoms with Crippen molar-refractivity contribution in [2.45, 2.75) is 33.1 Å². The highest BCUT2D eigenvalue weighted by Gasteiger charge is 2.13. The smallest absolute Gasteiger partial charge is 0.300 e. The SMILES string of the molecule is CC(=O)O.CCCN1CCC(=NN=C(N)N)CC1. The molecule has 0 aromatic rings. The van der Waals surface area contributed by atoms with Crippen LogP contribution in [0.3, 0.4) is 0 Å². The molecule has 0 amide bonds. The predicted molar refractivity (Wildman–Crippen MR) is 72.5 cm³/mol. The highest BCUT2D eigenvalue weighted by molar-refractivity contribution is 5.86. The van der Waals surface area contributed by atoms with E-state index in [4.69, 9.17) is 21.4 Å². The van der Waals surface area contributed by atoms with Crippen LogP contribution in [0.4, 0.5) is 0 Å². The molecular weight excluding hydrogens is 234 g/mol. The average molecular weight is 257 g/mol. The normalized spacial score (nSPS) is 15.3. The van der Waals surface area contributed by atoms with Gasteiger partial charge in [0.2, 0.25) is 5.96 Å². The van der Waals surface area contributed by atoms with Gasteiger partial charge in [-0.15, -0.1) is 5.10 Å². The monoisotopic (exact) mass is 257 g/mol. The van der Waals surface area contributed by atoms with E-state index in [1.807, 2.05) is 0 Å². The lowest BCUT2D eigenvalue weighted by atomic mass is 10.1. The maximum atomic E-state index is 9.00. The lowest BCUT2D eigenvalue weighted by Crippen LogP contribution is -2.34. The van der Waals surface area contributed by atoms with Crippen molar-refractivity contribution in [1.29, 1.82) is 0 Å². The Morgan fingerprint density at radius 3 is 2.28 bits per heavy atom. The van der Waals surface area contributed by atoms with Gasteiger partial charge in [0.05, 0.1) is 0 Å². The molecule has 7 heteroatoms. The van der Waals surface area contributed by atoms with E-state index < -0.39 is 5.97 Å². The molecule has 0 unspecified atom stereocenters. The summed E-state index contributed by atoms with van der Waals surface area (Å²) in [5, 5.41) is 15.1. The van der Waals surface area contributed by atoms with Gasteiger partial charge in [0.15, 0.2) is 0 Å². The molecule has 1 rings (SSSR count). The van der Waals surface area contributed by atoms with Gasteiger partial charge in [-0.1, -0.05) is 6.92 Å². The molecule has 1 heterocycles. The minimum Gasteiger partial charge on any atom is -0.481 e. The molecule has 0 aromatic heterocycles. The molecule has 0 radical (unpaired) electrons. The fourth-order valence-corrected chi connectivity index (χ4v) is 1.58. The first-order valence-electron chi connectivity index (χ1n) is 6.02. The number of nitrogens with zero attached hydrogens (tertiary/aromatic N) is 3. The summed E-state index contributed by atoms with van der Waals surface area (Å²) in [6.45, 7) is 6.61. The maximum absolute atomic E-state index is 9.00. The van der Waals surface area contributed by atoms with E-state index in [1.54, 1.807) is 0 Å². The lowest BCUT2D eigenvalue weighted by Gasteiger charge is -2.26. The molecule has 1 fully saturated rings. The largest absolute Gasteiger partial charge is 0.481 e. The van der Waals surface area contributed by atoms with E-state index in [0.29, 0.717) is 0 Å². The number of carbonyl (C=O) groups is 1. The van der Waals surface area contributed by atoms with Crippen molar-refractivity contribution in [1.82, 2.24) is 4.90 Å². The topological polar surface area (TPSA) is 117 Å². The standard InChI is InChI=1S/C9H19N5.C2H4O2/c1-2-5-14-6-3-8(4-7-14)12-13-9(10)11;1-2(3)4/h2-7H2,1H3,(H4,10,11,13);1H3,(H,3,4). The van der Waals surface area contributed by atoms with Crippen LogP contribution < -0.4 is 11.5 Å². The van der Waals surface area contributed by atoms with Crippen molar-refractivity contribution < 1.29 is 9.90 Å². The third-order valence-corrected chi connectivity index (χ3v) is 2.28. The summed E-state index contributed by atoms with van der Waals surface area (Å²) in [5.41, 5.74) is 11.5.